The molecule has 1 aromatic heterocycles. The lowest BCUT2D eigenvalue weighted by Crippen LogP contribution is -2.08. The second-order valence-electron chi connectivity index (χ2n) is 3.31. The maximum atomic E-state index is 13.2. The van der Waals surface area contributed by atoms with Crippen LogP contribution in [0.5, 0.6) is 0 Å². The number of hydrogen-bond donors (Lipinski definition) is 2. The molecule has 17 heavy (non-hydrogen) atoms. The molecule has 5 nitrogen and oxygen atoms in total. The Kier molecular flexibility index (Phi) is 2.70. The van der Waals surface area contributed by atoms with E-state index in [9.17, 15) is 14.0 Å². The first-order valence-electron chi connectivity index (χ1n) is 4.65. The summed E-state index contributed by atoms with van der Waals surface area (Å²) in [6.07, 6.45) is -0.789. The first kappa shape index (κ1) is 11.0. The molecule has 6 heteroatoms. The molecule has 0 bridgehead atoms. The Morgan fingerprint density at radius 2 is 2.18 bits per heavy atom. The van der Waals surface area contributed by atoms with Crippen LogP contribution in [0, 0.1) is 5.82 Å². The van der Waals surface area contributed by atoms with Gasteiger partial charge in [0, 0.05) is 5.39 Å². The number of rotatable bonds is 2. The van der Waals surface area contributed by atoms with Crippen LogP contribution in [0.1, 0.15) is 10.5 Å². The van der Waals surface area contributed by atoms with Crippen molar-refractivity contribution in [2.24, 2.45) is 0 Å². The number of halogens is 1. The Morgan fingerprint density at radius 1 is 1.41 bits per heavy atom. The highest BCUT2D eigenvalue weighted by atomic mass is 19.1. The van der Waals surface area contributed by atoms with Gasteiger partial charge in [-0.2, -0.15) is 0 Å². The van der Waals surface area contributed by atoms with Crippen molar-refractivity contribution >= 4 is 29.0 Å². The topological polar surface area (TPSA) is 79.3 Å². The van der Waals surface area contributed by atoms with Gasteiger partial charge < -0.3 is 5.11 Å². The molecule has 86 valence electrons. The number of benzene rings is 1. The predicted octanol–water partition coefficient (Wildman–Crippen LogP) is 2.28. The van der Waals surface area contributed by atoms with Gasteiger partial charge in [-0.15, -0.1) is 0 Å². The highest BCUT2D eigenvalue weighted by Crippen LogP contribution is 2.23. The van der Waals surface area contributed by atoms with Crippen LogP contribution in [0.15, 0.2) is 24.3 Å². The van der Waals surface area contributed by atoms with E-state index in [0.717, 1.165) is 6.07 Å². The van der Waals surface area contributed by atoms with Crippen molar-refractivity contribution in [2.75, 3.05) is 5.32 Å². The second-order valence-corrected chi connectivity index (χ2v) is 3.31. The molecule has 0 aliphatic heterocycles. The molecule has 1 amide bonds. The van der Waals surface area contributed by atoms with Crippen LogP contribution in [0.2, 0.25) is 0 Å². The molecule has 2 aromatic rings. The van der Waals surface area contributed by atoms with Crippen LogP contribution in [0.25, 0.3) is 10.9 Å². The Bertz CT molecular complexity index is 613. The predicted molar refractivity (Wildman–Crippen MR) is 58.7 cm³/mol. The normalized spacial score (nSPS) is 10.2. The zero-order valence-corrected chi connectivity index (χ0v) is 8.48. The van der Waals surface area contributed by atoms with Crippen LogP contribution in [-0.2, 0) is 0 Å². The molecule has 0 spiro atoms. The van der Waals surface area contributed by atoms with Gasteiger partial charge in [-0.05, 0) is 18.2 Å². The lowest BCUT2D eigenvalue weighted by atomic mass is 10.1. The zero-order valence-electron chi connectivity index (χ0n) is 8.48. The third-order valence-corrected chi connectivity index (χ3v) is 2.14. The van der Waals surface area contributed by atoms with Gasteiger partial charge in [0.25, 0.3) is 0 Å². The summed E-state index contributed by atoms with van der Waals surface area (Å²) in [5.74, 6) is -0.582. The second kappa shape index (κ2) is 4.17. The van der Waals surface area contributed by atoms with Crippen molar-refractivity contribution in [1.82, 2.24) is 4.98 Å². The number of nitrogens with zero attached hydrogens (tertiary/aromatic N) is 1. The molecule has 0 aliphatic rings. The van der Waals surface area contributed by atoms with Gasteiger partial charge >= 0.3 is 6.09 Å². The molecule has 1 aromatic carbocycles. The minimum absolute atomic E-state index is 0.0104. The molecule has 0 aliphatic carbocycles. The summed E-state index contributed by atoms with van der Waals surface area (Å²) in [6, 6.07) is 5.16. The highest BCUT2D eigenvalue weighted by Gasteiger charge is 2.08. The molecule has 0 unspecified atom stereocenters. The standard InChI is InChI=1S/C11H7FN2O3/c12-7-3-6-1-2-8(5-15)13-10(6)9(4-7)14-11(16)17/h1-5,14H,(H,16,17). The number of carboxylic acid groups (broad SMARTS) is 1. The molecule has 2 N–H and O–H groups in total. The fourth-order valence-corrected chi connectivity index (χ4v) is 1.49. The first-order chi connectivity index (χ1) is 8.10. The average molecular weight is 234 g/mol. The van der Waals surface area contributed by atoms with Gasteiger partial charge in [-0.3, -0.25) is 10.1 Å². The number of fused-ring (bicyclic) bond motifs is 1. The van der Waals surface area contributed by atoms with E-state index in [2.05, 4.69) is 4.98 Å². The fourth-order valence-electron chi connectivity index (χ4n) is 1.49. The molecule has 0 radical (unpaired) electrons. The van der Waals surface area contributed by atoms with Crippen LogP contribution in [-0.4, -0.2) is 22.5 Å². The van der Waals surface area contributed by atoms with Crippen molar-refractivity contribution < 1.29 is 19.1 Å². The minimum atomic E-state index is -1.32. The number of carbonyl (C=O) groups excluding carboxylic acids is 1. The number of carbonyl (C=O) groups is 2. The Labute approximate surface area is 94.9 Å². The maximum absolute atomic E-state index is 13.2. The molecule has 0 saturated carbocycles. The van der Waals surface area contributed by atoms with Crippen molar-refractivity contribution in [3.05, 3.63) is 35.8 Å². The molecule has 0 atom stereocenters. The number of hydrogen-bond acceptors (Lipinski definition) is 3. The summed E-state index contributed by atoms with van der Waals surface area (Å²) in [5.41, 5.74) is 0.396. The molecule has 0 fully saturated rings. The van der Waals surface area contributed by atoms with Crippen molar-refractivity contribution in [3.8, 4) is 0 Å². The van der Waals surface area contributed by atoms with E-state index >= 15 is 0 Å². The molecular formula is C11H7FN2O3. The third-order valence-electron chi connectivity index (χ3n) is 2.14. The van der Waals surface area contributed by atoms with Crippen LogP contribution >= 0.6 is 0 Å². The number of aldehydes is 1. The summed E-state index contributed by atoms with van der Waals surface area (Å²) in [7, 11) is 0. The largest absolute Gasteiger partial charge is 0.465 e. The van der Waals surface area contributed by atoms with Gasteiger partial charge in [-0.25, -0.2) is 14.2 Å². The first-order valence-corrected chi connectivity index (χ1v) is 4.65. The number of pyridine rings is 1. The Morgan fingerprint density at radius 3 is 2.82 bits per heavy atom. The monoisotopic (exact) mass is 234 g/mol. The van der Waals surface area contributed by atoms with E-state index in [1.807, 2.05) is 5.32 Å². The summed E-state index contributed by atoms with van der Waals surface area (Å²) >= 11 is 0. The minimum Gasteiger partial charge on any atom is -0.465 e. The third kappa shape index (κ3) is 2.20. The van der Waals surface area contributed by atoms with E-state index in [0.29, 0.717) is 11.7 Å². The summed E-state index contributed by atoms with van der Waals surface area (Å²) in [5, 5.41) is 11.1. The quantitative estimate of drug-likeness (QED) is 0.781. The lowest BCUT2D eigenvalue weighted by molar-refractivity contribution is 0.111. The molecule has 1 heterocycles. The van der Waals surface area contributed by atoms with Gasteiger partial charge in [0.05, 0.1) is 11.2 Å². The van der Waals surface area contributed by atoms with E-state index in [4.69, 9.17) is 5.11 Å². The summed E-state index contributed by atoms with van der Waals surface area (Å²) in [4.78, 5) is 25.1. The fraction of sp³-hybridized carbons (Fsp3) is 0. The SMILES string of the molecule is O=Cc1ccc2cc(F)cc(NC(=O)O)c2n1. The van der Waals surface area contributed by atoms with Gasteiger partial charge in [0.2, 0.25) is 0 Å². The van der Waals surface area contributed by atoms with Crippen LogP contribution in [0.3, 0.4) is 0 Å². The van der Waals surface area contributed by atoms with Gasteiger partial charge in [-0.1, -0.05) is 6.07 Å². The highest BCUT2D eigenvalue weighted by molar-refractivity contribution is 5.98. The van der Waals surface area contributed by atoms with Crippen molar-refractivity contribution in [1.29, 1.82) is 0 Å². The number of nitrogens with one attached hydrogen (secondary N) is 1. The van der Waals surface area contributed by atoms with Crippen molar-refractivity contribution in [2.45, 2.75) is 0 Å². The summed E-state index contributed by atoms with van der Waals surface area (Å²) < 4.78 is 13.2. The summed E-state index contributed by atoms with van der Waals surface area (Å²) in [6.45, 7) is 0. The zero-order chi connectivity index (χ0) is 12.4. The van der Waals surface area contributed by atoms with Gasteiger partial charge in [0.15, 0.2) is 6.29 Å². The van der Waals surface area contributed by atoms with Crippen molar-refractivity contribution in [3.63, 3.8) is 0 Å². The van der Waals surface area contributed by atoms with Crippen LogP contribution < -0.4 is 5.32 Å². The number of anilines is 1. The number of aromatic nitrogens is 1. The maximum Gasteiger partial charge on any atom is 0.409 e. The smallest absolute Gasteiger partial charge is 0.409 e. The Balaban J connectivity index is 2.69. The van der Waals surface area contributed by atoms with Gasteiger partial charge in [0.1, 0.15) is 11.5 Å². The molecule has 0 saturated heterocycles. The number of amides is 1. The Hall–Kier alpha value is -2.50. The molecular weight excluding hydrogens is 227 g/mol. The van der Waals surface area contributed by atoms with E-state index in [1.54, 1.807) is 0 Å². The molecule has 2 rings (SSSR count). The lowest BCUT2D eigenvalue weighted by Gasteiger charge is -2.06. The van der Waals surface area contributed by atoms with E-state index in [1.165, 1.54) is 18.2 Å². The van der Waals surface area contributed by atoms with Crippen LogP contribution in [0.4, 0.5) is 14.9 Å². The van der Waals surface area contributed by atoms with E-state index in [-0.39, 0.29) is 16.9 Å². The van der Waals surface area contributed by atoms with E-state index < -0.39 is 11.9 Å². The average Bonchev–Trinajstić information content (AvgIpc) is 2.27.